The number of rotatable bonds is 5. The third-order valence-electron chi connectivity index (χ3n) is 2.80. The molecule has 0 saturated carbocycles. The molecule has 0 aromatic heterocycles. The summed E-state index contributed by atoms with van der Waals surface area (Å²) in [7, 11) is 3.38. The van der Waals surface area contributed by atoms with E-state index < -0.39 is 6.10 Å². The minimum atomic E-state index is -0.405. The van der Waals surface area contributed by atoms with E-state index in [4.69, 9.17) is 10.5 Å². The third-order valence-corrected chi connectivity index (χ3v) is 2.80. The summed E-state index contributed by atoms with van der Waals surface area (Å²) in [6, 6.07) is 0. The van der Waals surface area contributed by atoms with Gasteiger partial charge in [-0.2, -0.15) is 0 Å². The molecule has 0 aliphatic carbocycles. The van der Waals surface area contributed by atoms with Gasteiger partial charge in [-0.1, -0.05) is 0 Å². The van der Waals surface area contributed by atoms with Crippen LogP contribution in [0.25, 0.3) is 0 Å². The molecule has 1 aliphatic rings. The van der Waals surface area contributed by atoms with E-state index in [1.807, 2.05) is 0 Å². The predicted octanol–water partition coefficient (Wildman–Crippen LogP) is -0.913. The lowest BCUT2D eigenvalue weighted by molar-refractivity contribution is -0.132. The lowest BCUT2D eigenvalue weighted by atomic mass is 10.2. The molecule has 1 aliphatic heterocycles. The zero-order valence-corrected chi connectivity index (χ0v) is 10.4. The maximum Gasteiger partial charge on any atom is 0.249 e. The summed E-state index contributed by atoms with van der Waals surface area (Å²) >= 11 is 0. The molecule has 6 heteroatoms. The minimum Gasteiger partial charge on any atom is -0.364 e. The lowest BCUT2D eigenvalue weighted by Crippen LogP contribution is -2.37. The maximum absolute atomic E-state index is 11.7. The fraction of sp³-hybridized carbons (Fsp3) is 0.818. The molecule has 0 aromatic carbocycles. The van der Waals surface area contributed by atoms with Crippen LogP contribution in [0, 0.1) is 0 Å². The van der Waals surface area contributed by atoms with Crippen molar-refractivity contribution in [2.24, 2.45) is 5.73 Å². The molecule has 6 nitrogen and oxygen atoms in total. The number of carbonyl (C=O) groups excluding carboxylic acids is 2. The molecule has 0 bridgehead atoms. The average Bonchev–Trinajstić information content (AvgIpc) is 2.77. The van der Waals surface area contributed by atoms with Gasteiger partial charge >= 0.3 is 0 Å². The molecule has 2 atom stereocenters. The number of nitrogens with zero attached hydrogens (tertiary/aromatic N) is 1. The Hall–Kier alpha value is -1.14. The third kappa shape index (κ3) is 4.32. The van der Waals surface area contributed by atoms with Crippen LogP contribution < -0.4 is 11.1 Å². The highest BCUT2D eigenvalue weighted by Gasteiger charge is 2.29. The number of amides is 2. The Morgan fingerprint density at radius 3 is 2.65 bits per heavy atom. The van der Waals surface area contributed by atoms with E-state index in [0.717, 1.165) is 6.42 Å². The van der Waals surface area contributed by atoms with Crippen LogP contribution >= 0.6 is 0 Å². The number of nitrogens with two attached hydrogens (primary N) is 1. The van der Waals surface area contributed by atoms with Gasteiger partial charge in [-0.15, -0.1) is 0 Å². The van der Waals surface area contributed by atoms with Crippen LogP contribution in [0.4, 0.5) is 0 Å². The highest BCUT2D eigenvalue weighted by atomic mass is 16.5. The zero-order valence-electron chi connectivity index (χ0n) is 10.4. The highest BCUT2D eigenvalue weighted by molar-refractivity contribution is 5.82. The minimum absolute atomic E-state index is 0.00234. The number of hydrogen-bond donors (Lipinski definition) is 2. The van der Waals surface area contributed by atoms with Crippen molar-refractivity contribution in [1.82, 2.24) is 10.2 Å². The second-order valence-electron chi connectivity index (χ2n) is 4.39. The number of ether oxygens (including phenoxy) is 1. The Kier molecular flexibility index (Phi) is 5.37. The van der Waals surface area contributed by atoms with Gasteiger partial charge in [0.1, 0.15) is 6.10 Å². The Morgan fingerprint density at radius 2 is 2.12 bits per heavy atom. The van der Waals surface area contributed by atoms with Crippen molar-refractivity contribution in [3.63, 3.8) is 0 Å². The van der Waals surface area contributed by atoms with Gasteiger partial charge in [0.25, 0.3) is 0 Å². The van der Waals surface area contributed by atoms with Crippen LogP contribution in [-0.2, 0) is 14.3 Å². The van der Waals surface area contributed by atoms with Crippen LogP contribution in [0.1, 0.15) is 19.3 Å². The summed E-state index contributed by atoms with van der Waals surface area (Å²) in [5.41, 5.74) is 5.46. The normalized spacial score (nSPS) is 23.5. The molecular formula is C11H21N3O3. The molecule has 1 saturated heterocycles. The molecule has 2 amide bonds. The van der Waals surface area contributed by atoms with Gasteiger partial charge < -0.3 is 20.7 Å². The van der Waals surface area contributed by atoms with Crippen molar-refractivity contribution in [3.05, 3.63) is 0 Å². The Bertz CT molecular complexity index is 281. The first-order chi connectivity index (χ1) is 8.04. The molecule has 1 fully saturated rings. The molecule has 0 spiro atoms. The molecule has 0 aromatic rings. The van der Waals surface area contributed by atoms with Gasteiger partial charge in [0.15, 0.2) is 0 Å². The van der Waals surface area contributed by atoms with Crippen molar-refractivity contribution in [3.8, 4) is 0 Å². The van der Waals surface area contributed by atoms with Crippen LogP contribution in [0.5, 0.6) is 0 Å². The molecule has 1 heterocycles. The molecule has 2 unspecified atom stereocenters. The molecule has 98 valence electrons. The van der Waals surface area contributed by atoms with Gasteiger partial charge in [-0.25, -0.2) is 0 Å². The highest BCUT2D eigenvalue weighted by Crippen LogP contribution is 2.18. The average molecular weight is 243 g/mol. The summed E-state index contributed by atoms with van der Waals surface area (Å²) in [4.78, 5) is 24.4. The lowest BCUT2D eigenvalue weighted by Gasteiger charge is -2.13. The van der Waals surface area contributed by atoms with Gasteiger partial charge in [0.05, 0.1) is 6.10 Å². The maximum atomic E-state index is 11.7. The monoisotopic (exact) mass is 243 g/mol. The van der Waals surface area contributed by atoms with Gasteiger partial charge in [0, 0.05) is 33.6 Å². The van der Waals surface area contributed by atoms with Crippen LogP contribution in [0.3, 0.4) is 0 Å². The van der Waals surface area contributed by atoms with Gasteiger partial charge in [0.2, 0.25) is 11.8 Å². The Balaban J connectivity index is 2.20. The summed E-state index contributed by atoms with van der Waals surface area (Å²) in [6.07, 6.45) is 1.43. The predicted molar refractivity (Wildman–Crippen MR) is 63.3 cm³/mol. The van der Waals surface area contributed by atoms with Gasteiger partial charge in [-0.05, 0) is 12.8 Å². The fourth-order valence-corrected chi connectivity index (χ4v) is 1.70. The molecule has 17 heavy (non-hydrogen) atoms. The second-order valence-corrected chi connectivity index (χ2v) is 4.39. The molecule has 1 rings (SSSR count). The smallest absolute Gasteiger partial charge is 0.249 e. The van der Waals surface area contributed by atoms with Crippen molar-refractivity contribution in [2.45, 2.75) is 31.5 Å². The number of carbonyl (C=O) groups is 2. The topological polar surface area (TPSA) is 84.7 Å². The van der Waals surface area contributed by atoms with Crippen molar-refractivity contribution >= 4 is 11.8 Å². The van der Waals surface area contributed by atoms with E-state index in [0.29, 0.717) is 25.9 Å². The van der Waals surface area contributed by atoms with Gasteiger partial charge in [-0.3, -0.25) is 9.59 Å². The summed E-state index contributed by atoms with van der Waals surface area (Å²) in [5, 5.41) is 2.70. The fourth-order valence-electron chi connectivity index (χ4n) is 1.70. The van der Waals surface area contributed by atoms with Crippen molar-refractivity contribution < 1.29 is 14.3 Å². The molecule has 3 N–H and O–H groups in total. The number of hydrogen-bond acceptors (Lipinski definition) is 4. The van der Waals surface area contributed by atoms with Crippen LogP contribution in [-0.4, -0.2) is 56.1 Å². The quantitative estimate of drug-likeness (QED) is 0.654. The van der Waals surface area contributed by atoms with Crippen molar-refractivity contribution in [1.29, 1.82) is 0 Å². The molecule has 0 radical (unpaired) electrons. The first kappa shape index (κ1) is 13.9. The van der Waals surface area contributed by atoms with Crippen LogP contribution in [0.2, 0.25) is 0 Å². The first-order valence-corrected chi connectivity index (χ1v) is 5.88. The Morgan fingerprint density at radius 1 is 1.41 bits per heavy atom. The van der Waals surface area contributed by atoms with Crippen LogP contribution in [0.15, 0.2) is 0 Å². The summed E-state index contributed by atoms with van der Waals surface area (Å²) in [6.45, 7) is 0.798. The SMILES string of the molecule is CN(C)C(=O)CCNC(=O)C1CCC(CN)O1. The van der Waals surface area contributed by atoms with Crippen molar-refractivity contribution in [2.75, 3.05) is 27.2 Å². The standard InChI is InChI=1S/C11H21N3O3/c1-14(2)10(15)5-6-13-11(16)9-4-3-8(7-12)17-9/h8-9H,3-7,12H2,1-2H3,(H,13,16). The summed E-state index contributed by atoms with van der Waals surface area (Å²) in [5.74, 6) is -0.148. The largest absolute Gasteiger partial charge is 0.364 e. The second kappa shape index (κ2) is 6.56. The first-order valence-electron chi connectivity index (χ1n) is 5.88. The zero-order chi connectivity index (χ0) is 12.8. The van der Waals surface area contributed by atoms with E-state index in [1.165, 1.54) is 4.90 Å². The van der Waals surface area contributed by atoms with E-state index in [9.17, 15) is 9.59 Å². The number of nitrogens with one attached hydrogen (secondary N) is 1. The molecular weight excluding hydrogens is 222 g/mol. The Labute approximate surface area is 101 Å². The van der Waals surface area contributed by atoms with E-state index in [1.54, 1.807) is 14.1 Å². The van der Waals surface area contributed by atoms with E-state index >= 15 is 0 Å². The van der Waals surface area contributed by atoms with E-state index in [2.05, 4.69) is 5.32 Å². The summed E-state index contributed by atoms with van der Waals surface area (Å²) < 4.78 is 5.44. The van der Waals surface area contributed by atoms with E-state index in [-0.39, 0.29) is 17.9 Å².